The Balaban J connectivity index is 2.16. The van der Waals surface area contributed by atoms with Crippen LogP contribution >= 0.6 is 0 Å². The summed E-state index contributed by atoms with van der Waals surface area (Å²) in [6.07, 6.45) is 9.98. The van der Waals surface area contributed by atoms with Gasteiger partial charge in [-0.1, -0.05) is 39.5 Å². The predicted molar refractivity (Wildman–Crippen MR) is 61.3 cm³/mol. The molecule has 0 spiro atoms. The predicted octanol–water partition coefficient (Wildman–Crippen LogP) is 3.75. The number of hydrogen-bond donors (Lipinski definition) is 1. The first kappa shape index (κ1) is 12.0. The molecule has 84 valence electrons. The van der Waals surface area contributed by atoms with Crippen molar-refractivity contribution in [1.29, 1.82) is 0 Å². The van der Waals surface area contributed by atoms with Gasteiger partial charge in [0.2, 0.25) is 0 Å². The SMILES string of the molecule is CCCC(CCC)C(O)CCC1CC1. The maximum absolute atomic E-state index is 10.0. The van der Waals surface area contributed by atoms with Crippen molar-refractivity contribution < 1.29 is 5.11 Å². The fourth-order valence-electron chi connectivity index (χ4n) is 2.32. The van der Waals surface area contributed by atoms with Crippen LogP contribution in [0.4, 0.5) is 0 Å². The van der Waals surface area contributed by atoms with Gasteiger partial charge in [0.25, 0.3) is 0 Å². The lowest BCUT2D eigenvalue weighted by molar-refractivity contribution is 0.0845. The molecular weight excluding hydrogens is 172 g/mol. The Kier molecular flexibility index (Phi) is 5.54. The zero-order valence-electron chi connectivity index (χ0n) is 9.84. The van der Waals surface area contributed by atoms with Crippen LogP contribution in [0.2, 0.25) is 0 Å². The monoisotopic (exact) mass is 198 g/mol. The highest BCUT2D eigenvalue weighted by molar-refractivity contribution is 4.76. The van der Waals surface area contributed by atoms with Gasteiger partial charge in [-0.2, -0.15) is 0 Å². The third kappa shape index (κ3) is 4.45. The minimum absolute atomic E-state index is 0.0181. The molecular formula is C13H26O. The van der Waals surface area contributed by atoms with Gasteiger partial charge < -0.3 is 5.11 Å². The largest absolute Gasteiger partial charge is 0.393 e. The van der Waals surface area contributed by atoms with Crippen LogP contribution in [0.5, 0.6) is 0 Å². The molecule has 14 heavy (non-hydrogen) atoms. The molecule has 0 aliphatic heterocycles. The molecule has 1 rings (SSSR count). The van der Waals surface area contributed by atoms with Gasteiger partial charge in [0.05, 0.1) is 6.10 Å². The molecule has 1 aliphatic carbocycles. The minimum Gasteiger partial charge on any atom is -0.393 e. The average molecular weight is 198 g/mol. The van der Waals surface area contributed by atoms with E-state index in [4.69, 9.17) is 0 Å². The van der Waals surface area contributed by atoms with E-state index in [1.165, 1.54) is 44.9 Å². The van der Waals surface area contributed by atoms with Gasteiger partial charge >= 0.3 is 0 Å². The number of aliphatic hydroxyl groups excluding tert-OH is 1. The standard InChI is InChI=1S/C13H26O/c1-3-5-12(6-4-2)13(14)10-9-11-7-8-11/h11-14H,3-10H2,1-2H3. The second-order valence-electron chi connectivity index (χ2n) is 4.93. The van der Waals surface area contributed by atoms with E-state index >= 15 is 0 Å². The van der Waals surface area contributed by atoms with Crippen LogP contribution in [-0.4, -0.2) is 11.2 Å². The Morgan fingerprint density at radius 3 is 2.07 bits per heavy atom. The van der Waals surface area contributed by atoms with Crippen molar-refractivity contribution in [3.05, 3.63) is 0 Å². The number of hydrogen-bond acceptors (Lipinski definition) is 1. The van der Waals surface area contributed by atoms with Gasteiger partial charge in [-0.05, 0) is 37.5 Å². The van der Waals surface area contributed by atoms with Crippen LogP contribution < -0.4 is 0 Å². The Bertz CT molecular complexity index is 134. The summed E-state index contributed by atoms with van der Waals surface area (Å²) in [4.78, 5) is 0. The summed E-state index contributed by atoms with van der Waals surface area (Å²) < 4.78 is 0. The summed E-state index contributed by atoms with van der Waals surface area (Å²) in [7, 11) is 0. The highest BCUT2D eigenvalue weighted by atomic mass is 16.3. The third-order valence-corrected chi connectivity index (χ3v) is 3.43. The lowest BCUT2D eigenvalue weighted by Gasteiger charge is -2.21. The van der Waals surface area contributed by atoms with Crippen molar-refractivity contribution >= 4 is 0 Å². The summed E-state index contributed by atoms with van der Waals surface area (Å²) in [6, 6.07) is 0. The molecule has 1 aliphatic rings. The molecule has 1 atom stereocenters. The van der Waals surface area contributed by atoms with Crippen molar-refractivity contribution in [1.82, 2.24) is 0 Å². The van der Waals surface area contributed by atoms with E-state index in [-0.39, 0.29) is 6.10 Å². The Hall–Kier alpha value is -0.0400. The van der Waals surface area contributed by atoms with Gasteiger partial charge in [0.15, 0.2) is 0 Å². The van der Waals surface area contributed by atoms with Gasteiger partial charge in [-0.15, -0.1) is 0 Å². The van der Waals surface area contributed by atoms with Gasteiger partial charge in [-0.3, -0.25) is 0 Å². The second-order valence-corrected chi connectivity index (χ2v) is 4.93. The van der Waals surface area contributed by atoms with Crippen LogP contribution in [0, 0.1) is 11.8 Å². The Morgan fingerprint density at radius 2 is 1.64 bits per heavy atom. The van der Waals surface area contributed by atoms with Crippen LogP contribution in [0.3, 0.4) is 0 Å². The molecule has 0 aromatic heterocycles. The topological polar surface area (TPSA) is 20.2 Å². The van der Waals surface area contributed by atoms with Crippen LogP contribution in [0.15, 0.2) is 0 Å². The minimum atomic E-state index is -0.0181. The fraction of sp³-hybridized carbons (Fsp3) is 1.00. The second kappa shape index (κ2) is 6.44. The maximum Gasteiger partial charge on any atom is 0.0568 e. The third-order valence-electron chi connectivity index (χ3n) is 3.43. The molecule has 1 fully saturated rings. The summed E-state index contributed by atoms with van der Waals surface area (Å²) in [5, 5.41) is 10.0. The van der Waals surface area contributed by atoms with E-state index in [1.807, 2.05) is 0 Å². The Morgan fingerprint density at radius 1 is 1.07 bits per heavy atom. The first-order chi connectivity index (χ1) is 6.77. The van der Waals surface area contributed by atoms with E-state index < -0.39 is 0 Å². The van der Waals surface area contributed by atoms with Crippen LogP contribution in [0.25, 0.3) is 0 Å². The first-order valence-corrected chi connectivity index (χ1v) is 6.46. The molecule has 1 N–H and O–H groups in total. The van der Waals surface area contributed by atoms with Gasteiger partial charge in [0.1, 0.15) is 0 Å². The van der Waals surface area contributed by atoms with Crippen molar-refractivity contribution in [2.75, 3.05) is 0 Å². The first-order valence-electron chi connectivity index (χ1n) is 6.46. The van der Waals surface area contributed by atoms with E-state index in [2.05, 4.69) is 13.8 Å². The van der Waals surface area contributed by atoms with Crippen LogP contribution in [-0.2, 0) is 0 Å². The summed E-state index contributed by atoms with van der Waals surface area (Å²) >= 11 is 0. The number of rotatable bonds is 8. The molecule has 0 amide bonds. The summed E-state index contributed by atoms with van der Waals surface area (Å²) in [5.41, 5.74) is 0. The van der Waals surface area contributed by atoms with Crippen molar-refractivity contribution in [2.24, 2.45) is 11.8 Å². The van der Waals surface area contributed by atoms with Crippen molar-refractivity contribution in [2.45, 2.75) is 71.3 Å². The molecule has 0 bridgehead atoms. The molecule has 0 saturated heterocycles. The van der Waals surface area contributed by atoms with Crippen molar-refractivity contribution in [3.8, 4) is 0 Å². The quantitative estimate of drug-likeness (QED) is 0.629. The molecule has 0 aromatic rings. The van der Waals surface area contributed by atoms with Gasteiger partial charge in [-0.25, -0.2) is 0 Å². The molecule has 0 radical (unpaired) electrons. The highest BCUT2D eigenvalue weighted by Crippen LogP contribution is 2.35. The lowest BCUT2D eigenvalue weighted by atomic mass is 9.89. The maximum atomic E-state index is 10.0. The van der Waals surface area contributed by atoms with Gasteiger partial charge in [0, 0.05) is 0 Å². The zero-order chi connectivity index (χ0) is 10.4. The van der Waals surface area contributed by atoms with E-state index in [9.17, 15) is 5.11 Å². The molecule has 1 unspecified atom stereocenters. The normalized spacial score (nSPS) is 18.9. The molecule has 1 nitrogen and oxygen atoms in total. The van der Waals surface area contributed by atoms with E-state index in [1.54, 1.807) is 0 Å². The molecule has 1 heteroatoms. The van der Waals surface area contributed by atoms with E-state index in [0.29, 0.717) is 5.92 Å². The average Bonchev–Trinajstić information content (AvgIpc) is 2.97. The molecule has 1 saturated carbocycles. The molecule has 0 aromatic carbocycles. The molecule has 0 heterocycles. The highest BCUT2D eigenvalue weighted by Gasteiger charge is 2.24. The summed E-state index contributed by atoms with van der Waals surface area (Å²) in [6.45, 7) is 4.44. The lowest BCUT2D eigenvalue weighted by Crippen LogP contribution is -2.20. The fourth-order valence-corrected chi connectivity index (χ4v) is 2.32. The Labute approximate surface area is 88.9 Å². The van der Waals surface area contributed by atoms with Crippen molar-refractivity contribution in [3.63, 3.8) is 0 Å². The summed E-state index contributed by atoms with van der Waals surface area (Å²) in [5.74, 6) is 1.54. The van der Waals surface area contributed by atoms with Crippen LogP contribution in [0.1, 0.15) is 65.2 Å². The van der Waals surface area contributed by atoms with E-state index in [0.717, 1.165) is 12.3 Å². The smallest absolute Gasteiger partial charge is 0.0568 e. The zero-order valence-corrected chi connectivity index (χ0v) is 9.84. The number of aliphatic hydroxyl groups is 1.